The van der Waals surface area contributed by atoms with Gasteiger partial charge >= 0.3 is 5.97 Å². The summed E-state index contributed by atoms with van der Waals surface area (Å²) in [7, 11) is 0. The molecule has 0 aromatic carbocycles. The van der Waals surface area contributed by atoms with Crippen LogP contribution in [0.5, 0.6) is 0 Å². The fourth-order valence-electron chi connectivity index (χ4n) is 8.18. The van der Waals surface area contributed by atoms with Crippen molar-refractivity contribution in [3.05, 3.63) is 35.5 Å². The van der Waals surface area contributed by atoms with E-state index in [1.807, 2.05) is 19.9 Å². The Hall–Kier alpha value is -1.59. The van der Waals surface area contributed by atoms with E-state index in [4.69, 9.17) is 9.47 Å². The summed E-state index contributed by atoms with van der Waals surface area (Å²) in [5, 5.41) is 60.7. The van der Waals surface area contributed by atoms with Crippen molar-refractivity contribution in [2.45, 2.75) is 140 Å². The number of ether oxygens (including phenoxy) is 2. The van der Waals surface area contributed by atoms with E-state index >= 15 is 0 Å². The Morgan fingerprint density at radius 2 is 1.88 bits per heavy atom. The van der Waals surface area contributed by atoms with E-state index in [0.717, 1.165) is 44.1 Å². The summed E-state index contributed by atoms with van der Waals surface area (Å²) in [6, 6.07) is 0. The van der Waals surface area contributed by atoms with Gasteiger partial charge in [0.1, 0.15) is 18.3 Å². The van der Waals surface area contributed by atoms with E-state index in [1.54, 1.807) is 0 Å². The van der Waals surface area contributed by atoms with Gasteiger partial charge in [0.2, 0.25) is 0 Å². The Bertz CT molecular complexity index is 1040. The third kappa shape index (κ3) is 7.20. The summed E-state index contributed by atoms with van der Waals surface area (Å²) in [5.74, 6) is 0.285. The van der Waals surface area contributed by atoms with E-state index in [-0.39, 0.29) is 11.8 Å². The predicted molar refractivity (Wildman–Crippen MR) is 157 cm³/mol. The highest BCUT2D eigenvalue weighted by Gasteiger charge is 2.51. The van der Waals surface area contributed by atoms with Crippen molar-refractivity contribution in [3.63, 3.8) is 0 Å². The summed E-state index contributed by atoms with van der Waals surface area (Å²) in [6.07, 6.45) is 3.68. The van der Waals surface area contributed by atoms with Gasteiger partial charge in [-0.25, -0.2) is 4.79 Å². The smallest absolute Gasteiger partial charge is 0.335 e. The van der Waals surface area contributed by atoms with E-state index in [2.05, 4.69) is 26.5 Å². The molecule has 9 heteroatoms. The molecule has 9 nitrogen and oxygen atoms in total. The van der Waals surface area contributed by atoms with Crippen LogP contribution in [0.25, 0.3) is 0 Å². The van der Waals surface area contributed by atoms with Crippen molar-refractivity contribution >= 4 is 5.97 Å². The number of hydrogen-bond acceptors (Lipinski definition) is 8. The molecule has 6 N–H and O–H groups in total. The lowest BCUT2D eigenvalue weighted by Gasteiger charge is -2.44. The third-order valence-electron chi connectivity index (χ3n) is 10.6. The zero-order valence-corrected chi connectivity index (χ0v) is 25.6. The number of aliphatic carboxylic acids is 1. The van der Waals surface area contributed by atoms with Crippen molar-refractivity contribution in [3.8, 4) is 0 Å². The molecule has 1 saturated heterocycles. The van der Waals surface area contributed by atoms with Crippen LogP contribution in [0.4, 0.5) is 0 Å². The van der Waals surface area contributed by atoms with Crippen LogP contribution in [-0.2, 0) is 14.3 Å². The molecule has 0 amide bonds. The van der Waals surface area contributed by atoms with Gasteiger partial charge in [-0.05, 0) is 93.1 Å². The molecule has 1 aliphatic heterocycles. The molecule has 0 aromatic rings. The van der Waals surface area contributed by atoms with Crippen molar-refractivity contribution in [1.29, 1.82) is 0 Å². The first-order chi connectivity index (χ1) is 19.6. The van der Waals surface area contributed by atoms with Gasteiger partial charge in [0.15, 0.2) is 12.4 Å². The maximum absolute atomic E-state index is 11.5. The molecule has 4 aliphatic rings. The van der Waals surface area contributed by atoms with Crippen LogP contribution in [0.3, 0.4) is 0 Å². The molecule has 3 unspecified atom stereocenters. The van der Waals surface area contributed by atoms with Gasteiger partial charge < -0.3 is 40.1 Å². The highest BCUT2D eigenvalue weighted by atomic mass is 16.7. The summed E-state index contributed by atoms with van der Waals surface area (Å²) in [5.41, 5.74) is 2.49. The number of allylic oxidation sites excluding steroid dienone is 3. The molecule has 4 rings (SSSR count). The van der Waals surface area contributed by atoms with Crippen molar-refractivity contribution in [1.82, 2.24) is 0 Å². The Kier molecular flexibility index (Phi) is 10.5. The lowest BCUT2D eigenvalue weighted by atomic mass is 9.60. The molecular formula is C33H52O9. The predicted octanol–water partition coefficient (Wildman–Crippen LogP) is 3.62. The van der Waals surface area contributed by atoms with Crippen molar-refractivity contribution in [2.75, 3.05) is 0 Å². The van der Waals surface area contributed by atoms with Crippen LogP contribution in [0.1, 0.15) is 91.9 Å². The molecule has 0 radical (unpaired) electrons. The monoisotopic (exact) mass is 592 g/mol. The molecule has 1 heterocycles. The van der Waals surface area contributed by atoms with Crippen molar-refractivity contribution in [2.24, 2.45) is 23.2 Å². The van der Waals surface area contributed by atoms with Crippen LogP contribution < -0.4 is 0 Å². The first-order valence-electron chi connectivity index (χ1n) is 15.7. The maximum Gasteiger partial charge on any atom is 0.335 e. The van der Waals surface area contributed by atoms with Gasteiger partial charge in [-0.15, -0.1) is 0 Å². The molecule has 0 spiro atoms. The number of aliphatic hydroxyl groups is 5. The number of carboxylic acids is 1. The quantitative estimate of drug-likeness (QED) is 0.235. The van der Waals surface area contributed by atoms with E-state index in [0.29, 0.717) is 29.7 Å². The molecule has 238 valence electrons. The summed E-state index contributed by atoms with van der Waals surface area (Å²) >= 11 is 0. The standard InChI is InChI=1S/C33H52O9/c1-18(8-6-14-32(3,4)40)23-12-13-24-20(9-7-15-33(23,24)5)10-11-21-16-22(17-25(34)19(21)2)41-31-28(37)26(35)27(36)29(42-31)30(38)39/h10-11,18,22-29,31,34-37,40H,2,6-9,12-17H2,1,3-5H3,(H,38,39)/b20-10+,21-11-/t18-,22-,23-,24?,25?,26+,27+,28-,29+,31?,33-/m1/s1. The van der Waals surface area contributed by atoms with E-state index < -0.39 is 54.5 Å². The number of carbonyl (C=O) groups is 1. The minimum Gasteiger partial charge on any atom is -0.479 e. The number of hydrogen-bond donors (Lipinski definition) is 6. The average Bonchev–Trinajstić information content (AvgIpc) is 3.26. The second-order valence-corrected chi connectivity index (χ2v) is 14.2. The minimum atomic E-state index is -1.79. The zero-order chi connectivity index (χ0) is 31.0. The molecule has 0 aromatic heterocycles. The van der Waals surface area contributed by atoms with Crippen LogP contribution >= 0.6 is 0 Å². The van der Waals surface area contributed by atoms with Gasteiger partial charge in [-0.2, -0.15) is 0 Å². The third-order valence-corrected chi connectivity index (χ3v) is 10.6. The topological polar surface area (TPSA) is 157 Å². The van der Waals surface area contributed by atoms with E-state index in [9.17, 15) is 35.4 Å². The van der Waals surface area contributed by atoms with Crippen LogP contribution in [0, 0.1) is 23.2 Å². The Morgan fingerprint density at radius 3 is 2.55 bits per heavy atom. The largest absolute Gasteiger partial charge is 0.479 e. The lowest BCUT2D eigenvalue weighted by molar-refractivity contribution is -0.305. The van der Waals surface area contributed by atoms with Crippen LogP contribution in [0.2, 0.25) is 0 Å². The number of carboxylic acid groups (broad SMARTS) is 1. The fraction of sp³-hybridized carbons (Fsp3) is 0.788. The first kappa shape index (κ1) is 33.3. The van der Waals surface area contributed by atoms with Gasteiger partial charge in [0.25, 0.3) is 0 Å². The fourth-order valence-corrected chi connectivity index (χ4v) is 8.18. The van der Waals surface area contributed by atoms with E-state index in [1.165, 1.54) is 18.4 Å². The maximum atomic E-state index is 11.5. The van der Waals surface area contributed by atoms with Gasteiger partial charge in [0.05, 0.1) is 17.8 Å². The Morgan fingerprint density at radius 1 is 1.17 bits per heavy atom. The summed E-state index contributed by atoms with van der Waals surface area (Å²) in [6.45, 7) is 12.7. The molecule has 0 bridgehead atoms. The molecule has 3 aliphatic carbocycles. The molecular weight excluding hydrogens is 540 g/mol. The summed E-state index contributed by atoms with van der Waals surface area (Å²) < 4.78 is 11.2. The molecule has 4 fully saturated rings. The van der Waals surface area contributed by atoms with Crippen LogP contribution in [-0.4, -0.2) is 85.1 Å². The molecule has 3 saturated carbocycles. The molecule has 42 heavy (non-hydrogen) atoms. The first-order valence-corrected chi connectivity index (χ1v) is 15.7. The normalized spacial score (nSPS) is 42.1. The lowest BCUT2D eigenvalue weighted by Crippen LogP contribution is -2.61. The zero-order valence-electron chi connectivity index (χ0n) is 25.6. The Labute approximate surface area is 249 Å². The second-order valence-electron chi connectivity index (χ2n) is 14.2. The van der Waals surface area contributed by atoms with Gasteiger partial charge in [-0.1, -0.05) is 51.0 Å². The van der Waals surface area contributed by atoms with Gasteiger partial charge in [-0.3, -0.25) is 0 Å². The second kappa shape index (κ2) is 13.2. The average molecular weight is 593 g/mol. The number of aliphatic hydroxyl groups excluding tert-OH is 4. The Balaban J connectivity index is 1.45. The van der Waals surface area contributed by atoms with Crippen LogP contribution in [0.15, 0.2) is 35.5 Å². The number of fused-ring (bicyclic) bond motifs is 1. The minimum absolute atomic E-state index is 0.184. The summed E-state index contributed by atoms with van der Waals surface area (Å²) in [4.78, 5) is 11.5. The highest BCUT2D eigenvalue weighted by Crippen LogP contribution is 2.60. The van der Waals surface area contributed by atoms with Gasteiger partial charge in [0, 0.05) is 6.42 Å². The SMILES string of the molecule is C=C1/C(=C\C=C2/CCC[C@@]3(C)C2CC[C@@H]3[C@H](C)CCCC(C)(C)O)C[C@@H](OC2O[C@H](C(=O)O)[C@@H](O)[C@H](O)[C@H]2O)CC1O. The number of rotatable bonds is 9. The highest BCUT2D eigenvalue weighted by molar-refractivity contribution is 5.73. The van der Waals surface area contributed by atoms with Crippen molar-refractivity contribution < 1.29 is 44.9 Å². The molecule has 11 atom stereocenters.